The van der Waals surface area contributed by atoms with Crippen molar-refractivity contribution in [1.82, 2.24) is 19.5 Å². The predicted molar refractivity (Wildman–Crippen MR) is 124 cm³/mol. The highest BCUT2D eigenvalue weighted by Crippen LogP contribution is 2.66. The van der Waals surface area contributed by atoms with Crippen LogP contribution in [0, 0.1) is 12.3 Å². The summed E-state index contributed by atoms with van der Waals surface area (Å²) in [7, 11) is -15.2. The Bertz CT molecular complexity index is 1430. The van der Waals surface area contributed by atoms with Gasteiger partial charge >= 0.3 is 23.5 Å². The summed E-state index contributed by atoms with van der Waals surface area (Å²) in [6.45, 7) is -1.14. The summed E-state index contributed by atoms with van der Waals surface area (Å²) >= 11 is 0. The molecular formula is C16H22FN6O12P3. The zero-order valence-electron chi connectivity index (χ0n) is 19.2. The van der Waals surface area contributed by atoms with Gasteiger partial charge in [-0.05, 0) is 12.8 Å². The third-order valence-corrected chi connectivity index (χ3v) is 9.39. The summed E-state index contributed by atoms with van der Waals surface area (Å²) in [6.07, 6.45) is 2.54. The number of halogens is 1. The number of aliphatic hydroxyl groups is 1. The van der Waals surface area contributed by atoms with Crippen LogP contribution in [-0.4, -0.2) is 81.8 Å². The molecule has 0 radical (unpaired) electrons. The SMILES string of the molecule is C#C[C@@]1(F)[C@H](O)[C@@H](COP(=O)(O)OP(=O)(O)OP(=O)(O)O)O[C@H]1n1cnc2c(N(C)C3CC3)nc(N)nc21. The molecule has 2 aromatic heterocycles. The molecule has 2 fully saturated rings. The third kappa shape index (κ3) is 5.92. The Balaban J connectivity index is 1.57. The molecule has 0 spiro atoms. The normalized spacial score (nSPS) is 29.1. The second-order valence-corrected chi connectivity index (χ2v) is 12.8. The van der Waals surface area contributed by atoms with Crippen LogP contribution in [0.4, 0.5) is 16.2 Å². The molecule has 1 saturated carbocycles. The summed E-state index contributed by atoms with van der Waals surface area (Å²) in [4.78, 5) is 50.4. The van der Waals surface area contributed by atoms with Crippen molar-refractivity contribution in [3.8, 4) is 12.3 Å². The summed E-state index contributed by atoms with van der Waals surface area (Å²) in [5.41, 5.74) is 3.09. The highest BCUT2D eigenvalue weighted by Gasteiger charge is 2.58. The molecule has 210 valence electrons. The number of aromatic nitrogens is 4. The number of imidazole rings is 1. The van der Waals surface area contributed by atoms with Gasteiger partial charge in [0.05, 0.1) is 12.9 Å². The van der Waals surface area contributed by atoms with Gasteiger partial charge < -0.3 is 40.1 Å². The minimum Gasteiger partial charge on any atom is -0.386 e. The van der Waals surface area contributed by atoms with E-state index in [0.29, 0.717) is 5.82 Å². The lowest BCUT2D eigenvalue weighted by molar-refractivity contribution is -0.0495. The number of alkyl halides is 1. The van der Waals surface area contributed by atoms with E-state index in [2.05, 4.69) is 28.1 Å². The Hall–Kier alpha value is -2.03. The third-order valence-electron chi connectivity index (χ3n) is 5.59. The van der Waals surface area contributed by atoms with Gasteiger partial charge in [0.1, 0.15) is 12.2 Å². The number of phosphoric acid groups is 3. The molecule has 0 amide bonds. The lowest BCUT2D eigenvalue weighted by Crippen LogP contribution is -2.42. The minimum absolute atomic E-state index is 0.00279. The number of fused-ring (bicyclic) bond motifs is 1. The first kappa shape index (κ1) is 29.0. The Morgan fingerprint density at radius 1 is 1.26 bits per heavy atom. The zero-order valence-corrected chi connectivity index (χ0v) is 21.9. The molecule has 0 bridgehead atoms. The van der Waals surface area contributed by atoms with Gasteiger partial charge in [-0.25, -0.2) is 23.1 Å². The van der Waals surface area contributed by atoms with E-state index in [4.69, 9.17) is 26.7 Å². The Morgan fingerprint density at radius 2 is 1.92 bits per heavy atom. The standard InChI is InChI=1S/C16H22FN6O12P3/c1-3-16(17)11(24)9(6-32-37(28,29)35-38(30,31)34-36(25,26)27)33-14(16)23-7-19-10-12(22(2)8-4-5-8)20-15(18)21-13(10)23/h1,7-9,11,14,24H,4-6H2,2H3,(H,28,29)(H,30,31)(H2,18,20,21)(H2,25,26,27)/t9-,11-,14-,16-/m1/s1. The summed E-state index contributed by atoms with van der Waals surface area (Å²) in [5.74, 6) is 1.97. The van der Waals surface area contributed by atoms with E-state index in [1.54, 1.807) is 13.0 Å². The molecule has 3 heterocycles. The monoisotopic (exact) mass is 602 g/mol. The molecule has 2 aliphatic rings. The Morgan fingerprint density at radius 3 is 2.50 bits per heavy atom. The maximum Gasteiger partial charge on any atom is 0.490 e. The number of anilines is 2. The van der Waals surface area contributed by atoms with E-state index in [1.165, 1.54) is 0 Å². The number of hydrogen-bond donors (Lipinski definition) is 6. The summed E-state index contributed by atoms with van der Waals surface area (Å²) in [6, 6.07) is 0.201. The summed E-state index contributed by atoms with van der Waals surface area (Å²) < 4.78 is 68.3. The first-order chi connectivity index (χ1) is 17.5. The fraction of sp³-hybridized carbons (Fsp3) is 0.562. The van der Waals surface area contributed by atoms with Gasteiger partial charge in [0, 0.05) is 13.1 Å². The lowest BCUT2D eigenvalue weighted by Gasteiger charge is -2.24. The van der Waals surface area contributed by atoms with Gasteiger partial charge in [-0.3, -0.25) is 9.09 Å². The number of hydrogen-bond acceptors (Lipinski definition) is 13. The highest BCUT2D eigenvalue weighted by molar-refractivity contribution is 7.66. The van der Waals surface area contributed by atoms with Crippen LogP contribution in [0.3, 0.4) is 0 Å². The van der Waals surface area contributed by atoms with Crippen molar-refractivity contribution in [3.05, 3.63) is 6.33 Å². The smallest absolute Gasteiger partial charge is 0.386 e. The largest absolute Gasteiger partial charge is 0.490 e. The minimum atomic E-state index is -5.80. The predicted octanol–water partition coefficient (Wildman–Crippen LogP) is -0.0498. The molecule has 0 aromatic carbocycles. The molecule has 7 N–H and O–H groups in total. The van der Waals surface area contributed by atoms with E-state index in [9.17, 15) is 28.6 Å². The van der Waals surface area contributed by atoms with Crippen LogP contribution in [0.25, 0.3) is 11.2 Å². The zero-order chi connectivity index (χ0) is 28.3. The van der Waals surface area contributed by atoms with Crippen molar-refractivity contribution >= 4 is 46.4 Å². The Labute approximate surface area is 213 Å². The highest BCUT2D eigenvalue weighted by atomic mass is 31.3. The van der Waals surface area contributed by atoms with Gasteiger partial charge in [0.2, 0.25) is 11.6 Å². The average molecular weight is 602 g/mol. The number of rotatable bonds is 10. The second kappa shape index (κ2) is 9.86. The van der Waals surface area contributed by atoms with Gasteiger partial charge in [-0.2, -0.15) is 18.6 Å². The molecule has 6 atom stereocenters. The van der Waals surface area contributed by atoms with Crippen LogP contribution in [0.1, 0.15) is 19.1 Å². The molecular weight excluding hydrogens is 580 g/mol. The van der Waals surface area contributed by atoms with Crippen molar-refractivity contribution < 1.29 is 60.6 Å². The molecule has 38 heavy (non-hydrogen) atoms. The van der Waals surface area contributed by atoms with Crippen molar-refractivity contribution in [2.75, 3.05) is 24.3 Å². The molecule has 1 saturated heterocycles. The van der Waals surface area contributed by atoms with Crippen LogP contribution in [0.2, 0.25) is 0 Å². The number of phosphoric ester groups is 1. The van der Waals surface area contributed by atoms with E-state index in [1.807, 2.05) is 4.90 Å². The number of terminal acetylenes is 1. The summed E-state index contributed by atoms with van der Waals surface area (Å²) in [5, 5.41) is 10.5. The van der Waals surface area contributed by atoms with Crippen molar-refractivity contribution in [2.45, 2.75) is 43.0 Å². The number of nitrogens with two attached hydrogens (primary N) is 1. The second-order valence-electron chi connectivity index (χ2n) is 8.34. The molecule has 4 rings (SSSR count). The van der Waals surface area contributed by atoms with Gasteiger partial charge in [0.25, 0.3) is 0 Å². The Kier molecular flexibility index (Phi) is 7.52. The van der Waals surface area contributed by atoms with Crippen LogP contribution >= 0.6 is 23.5 Å². The molecule has 1 aliphatic heterocycles. The fourth-order valence-electron chi connectivity index (χ4n) is 3.75. The van der Waals surface area contributed by atoms with E-state index in [0.717, 1.165) is 23.7 Å². The van der Waals surface area contributed by atoms with Crippen molar-refractivity contribution in [3.63, 3.8) is 0 Å². The number of nitrogens with zero attached hydrogens (tertiary/aromatic N) is 5. The number of aliphatic hydroxyl groups excluding tert-OH is 1. The van der Waals surface area contributed by atoms with Crippen molar-refractivity contribution in [1.29, 1.82) is 0 Å². The molecule has 22 heteroatoms. The van der Waals surface area contributed by atoms with Gasteiger partial charge in [-0.1, -0.05) is 5.92 Å². The van der Waals surface area contributed by atoms with E-state index >= 15 is 4.39 Å². The quantitative estimate of drug-likeness (QED) is 0.154. The number of ether oxygens (including phenoxy) is 1. The van der Waals surface area contributed by atoms with Crippen LogP contribution in [-0.2, 0) is 31.6 Å². The van der Waals surface area contributed by atoms with Gasteiger partial charge in [-0.15, -0.1) is 6.42 Å². The van der Waals surface area contributed by atoms with Crippen molar-refractivity contribution in [2.24, 2.45) is 0 Å². The maximum atomic E-state index is 15.9. The van der Waals surface area contributed by atoms with Crippen LogP contribution < -0.4 is 10.6 Å². The lowest BCUT2D eigenvalue weighted by atomic mass is 9.97. The van der Waals surface area contributed by atoms with E-state index in [-0.39, 0.29) is 23.2 Å². The van der Waals surface area contributed by atoms with Gasteiger partial charge in [0.15, 0.2) is 23.2 Å². The fourth-order valence-corrected chi connectivity index (χ4v) is 6.78. The van der Waals surface area contributed by atoms with Crippen LogP contribution in [0.5, 0.6) is 0 Å². The molecule has 2 unspecified atom stereocenters. The number of nitrogen functional groups attached to an aromatic ring is 1. The van der Waals surface area contributed by atoms with E-state index < -0.39 is 54.2 Å². The molecule has 1 aliphatic carbocycles. The topological polar surface area (TPSA) is 262 Å². The first-order valence-corrected chi connectivity index (χ1v) is 15.0. The average Bonchev–Trinajstić information content (AvgIpc) is 3.50. The first-order valence-electron chi connectivity index (χ1n) is 10.5. The van der Waals surface area contributed by atoms with Crippen LogP contribution in [0.15, 0.2) is 6.33 Å². The molecule has 2 aromatic rings. The maximum absolute atomic E-state index is 15.9. The molecule has 18 nitrogen and oxygen atoms in total.